The molecule has 4 heterocycles. The zero-order valence-corrected chi connectivity index (χ0v) is 14.5. The third-order valence-corrected chi connectivity index (χ3v) is 5.32. The number of carbonyl (C=O) groups is 1. The van der Waals surface area contributed by atoms with Crippen LogP contribution in [0.3, 0.4) is 0 Å². The van der Waals surface area contributed by atoms with E-state index in [-0.39, 0.29) is 17.6 Å². The second kappa shape index (κ2) is 6.93. The van der Waals surface area contributed by atoms with E-state index in [1.807, 2.05) is 28.5 Å². The molecule has 2 aromatic heterocycles. The largest absolute Gasteiger partial charge is 0.473 e. The van der Waals surface area contributed by atoms with Gasteiger partial charge in [-0.25, -0.2) is 4.98 Å². The highest BCUT2D eigenvalue weighted by atomic mass is 32.1. The van der Waals surface area contributed by atoms with E-state index in [1.165, 1.54) is 0 Å². The molecule has 2 aliphatic heterocycles. The first-order valence-corrected chi connectivity index (χ1v) is 9.18. The number of aromatic nitrogens is 2. The van der Waals surface area contributed by atoms with Gasteiger partial charge in [0.15, 0.2) is 0 Å². The Balaban J connectivity index is 1.31. The van der Waals surface area contributed by atoms with Gasteiger partial charge in [0.1, 0.15) is 11.7 Å². The maximum Gasteiger partial charge on any atom is 0.246 e. The summed E-state index contributed by atoms with van der Waals surface area (Å²) >= 11 is 1.62. The van der Waals surface area contributed by atoms with Gasteiger partial charge in [0.25, 0.3) is 0 Å². The average molecular weight is 357 g/mol. The highest BCUT2D eigenvalue weighted by Crippen LogP contribution is 2.35. The van der Waals surface area contributed by atoms with E-state index in [0.29, 0.717) is 25.6 Å². The average Bonchev–Trinajstić information content (AvgIpc) is 3.12. The number of amides is 1. The zero-order valence-electron chi connectivity index (χ0n) is 13.7. The van der Waals surface area contributed by atoms with E-state index in [2.05, 4.69) is 9.97 Å². The van der Waals surface area contributed by atoms with Gasteiger partial charge in [0.05, 0.1) is 25.9 Å². The van der Waals surface area contributed by atoms with Crippen molar-refractivity contribution in [2.45, 2.75) is 24.5 Å². The quantitative estimate of drug-likeness (QED) is 0.786. The van der Waals surface area contributed by atoms with E-state index in [0.717, 1.165) is 17.7 Å². The number of thiophene rings is 1. The summed E-state index contributed by atoms with van der Waals surface area (Å²) in [6.07, 6.45) is 9.99. The van der Waals surface area contributed by atoms with Crippen molar-refractivity contribution in [1.29, 1.82) is 0 Å². The lowest BCUT2D eigenvalue weighted by molar-refractivity contribution is -0.190. The lowest BCUT2D eigenvalue weighted by atomic mass is 9.84. The van der Waals surface area contributed by atoms with Crippen LogP contribution in [0.4, 0.5) is 0 Å². The van der Waals surface area contributed by atoms with Crippen LogP contribution in [-0.2, 0) is 9.53 Å². The fraction of sp³-hybridized carbons (Fsp3) is 0.389. The Morgan fingerprint density at radius 3 is 3.12 bits per heavy atom. The van der Waals surface area contributed by atoms with Crippen LogP contribution >= 0.6 is 11.3 Å². The van der Waals surface area contributed by atoms with Crippen molar-refractivity contribution in [2.75, 3.05) is 19.7 Å². The fourth-order valence-electron chi connectivity index (χ4n) is 3.27. The molecule has 0 bridgehead atoms. The normalized spacial score (nSPS) is 22.1. The summed E-state index contributed by atoms with van der Waals surface area (Å²) in [5.74, 6) is 0.565. The SMILES string of the molecule is O=C(/C=C/c1cccs1)N1CC2(C[C@H](Oc3cnccn3)CCO2)C1. The Morgan fingerprint density at radius 2 is 2.36 bits per heavy atom. The molecule has 2 aromatic rings. The second-order valence-corrected chi connectivity index (χ2v) is 7.33. The van der Waals surface area contributed by atoms with Crippen LogP contribution in [0.25, 0.3) is 6.08 Å². The van der Waals surface area contributed by atoms with Crippen molar-refractivity contribution in [3.63, 3.8) is 0 Å². The third-order valence-electron chi connectivity index (χ3n) is 4.48. The number of nitrogens with zero attached hydrogens (tertiary/aromatic N) is 3. The molecule has 0 saturated carbocycles. The minimum Gasteiger partial charge on any atom is -0.473 e. The molecule has 4 rings (SSSR count). The highest BCUT2D eigenvalue weighted by molar-refractivity contribution is 7.10. The fourth-order valence-corrected chi connectivity index (χ4v) is 3.89. The van der Waals surface area contributed by atoms with Crippen LogP contribution in [0.2, 0.25) is 0 Å². The van der Waals surface area contributed by atoms with Gasteiger partial charge in [0, 0.05) is 36.2 Å². The minimum absolute atomic E-state index is 0.0274. The summed E-state index contributed by atoms with van der Waals surface area (Å²) in [7, 11) is 0. The minimum atomic E-state index is -0.280. The predicted molar refractivity (Wildman–Crippen MR) is 94.3 cm³/mol. The van der Waals surface area contributed by atoms with Gasteiger partial charge in [-0.15, -0.1) is 11.3 Å². The number of hydrogen-bond donors (Lipinski definition) is 0. The number of rotatable bonds is 4. The first kappa shape index (κ1) is 16.2. The van der Waals surface area contributed by atoms with Gasteiger partial charge in [-0.05, 0) is 17.5 Å². The van der Waals surface area contributed by atoms with Crippen LogP contribution in [-0.4, -0.2) is 52.2 Å². The molecule has 7 heteroatoms. The highest BCUT2D eigenvalue weighted by Gasteiger charge is 2.49. The first-order chi connectivity index (χ1) is 12.2. The molecular weight excluding hydrogens is 338 g/mol. The molecule has 2 aliphatic rings. The Bertz CT molecular complexity index is 742. The molecular formula is C18H19N3O3S. The van der Waals surface area contributed by atoms with Gasteiger partial charge in [-0.3, -0.25) is 9.78 Å². The molecule has 1 spiro atoms. The zero-order chi connectivity index (χ0) is 17.1. The number of hydrogen-bond acceptors (Lipinski definition) is 6. The summed E-state index contributed by atoms with van der Waals surface area (Å²) in [6, 6.07) is 3.96. The lowest BCUT2D eigenvalue weighted by Crippen LogP contribution is -2.67. The molecule has 6 nitrogen and oxygen atoms in total. The van der Waals surface area contributed by atoms with E-state index < -0.39 is 0 Å². The van der Waals surface area contributed by atoms with Crippen LogP contribution in [0.1, 0.15) is 17.7 Å². The van der Waals surface area contributed by atoms with E-state index in [9.17, 15) is 4.79 Å². The lowest BCUT2D eigenvalue weighted by Gasteiger charge is -2.52. The second-order valence-electron chi connectivity index (χ2n) is 6.35. The van der Waals surface area contributed by atoms with Crippen LogP contribution in [0.15, 0.2) is 42.2 Å². The predicted octanol–water partition coefficient (Wildman–Crippen LogP) is 2.39. The maximum absolute atomic E-state index is 12.3. The van der Waals surface area contributed by atoms with Crippen molar-refractivity contribution < 1.29 is 14.3 Å². The Labute approximate surface area is 150 Å². The van der Waals surface area contributed by atoms with Gasteiger partial charge in [-0.2, -0.15) is 0 Å². The Morgan fingerprint density at radius 1 is 1.44 bits per heavy atom. The summed E-state index contributed by atoms with van der Waals surface area (Å²) < 4.78 is 11.9. The summed E-state index contributed by atoms with van der Waals surface area (Å²) in [4.78, 5) is 23.3. The van der Waals surface area contributed by atoms with Crippen molar-refractivity contribution in [2.24, 2.45) is 0 Å². The summed E-state index contributed by atoms with van der Waals surface area (Å²) in [6.45, 7) is 1.86. The standard InChI is InChI=1S/C18H19N3O3S/c22-17(4-3-15-2-1-9-25-15)21-12-18(13-21)10-14(5-8-23-18)24-16-11-19-6-7-20-16/h1-4,6-7,9,11,14H,5,8,10,12-13H2/b4-3+/t14-/m1/s1. The molecule has 25 heavy (non-hydrogen) atoms. The molecule has 0 aromatic carbocycles. The van der Waals surface area contributed by atoms with Crippen molar-refractivity contribution in [3.8, 4) is 5.88 Å². The molecule has 0 radical (unpaired) electrons. The molecule has 0 aliphatic carbocycles. The number of likely N-dealkylation sites (tertiary alicyclic amines) is 1. The van der Waals surface area contributed by atoms with Crippen molar-refractivity contribution in [1.82, 2.24) is 14.9 Å². The van der Waals surface area contributed by atoms with E-state index in [1.54, 1.807) is 36.0 Å². The molecule has 2 saturated heterocycles. The van der Waals surface area contributed by atoms with Crippen LogP contribution < -0.4 is 4.74 Å². The van der Waals surface area contributed by atoms with Crippen molar-refractivity contribution >= 4 is 23.3 Å². The molecule has 0 unspecified atom stereocenters. The van der Waals surface area contributed by atoms with E-state index in [4.69, 9.17) is 9.47 Å². The number of ether oxygens (including phenoxy) is 2. The maximum atomic E-state index is 12.3. The Kier molecular flexibility index (Phi) is 4.50. The van der Waals surface area contributed by atoms with Crippen LogP contribution in [0.5, 0.6) is 5.88 Å². The molecule has 1 amide bonds. The third kappa shape index (κ3) is 3.72. The summed E-state index contributed by atoms with van der Waals surface area (Å²) in [5, 5.41) is 2.00. The van der Waals surface area contributed by atoms with Gasteiger partial charge >= 0.3 is 0 Å². The molecule has 1 atom stereocenters. The summed E-state index contributed by atoms with van der Waals surface area (Å²) in [5.41, 5.74) is -0.280. The van der Waals surface area contributed by atoms with E-state index >= 15 is 0 Å². The molecule has 0 N–H and O–H groups in total. The monoisotopic (exact) mass is 357 g/mol. The van der Waals surface area contributed by atoms with Crippen molar-refractivity contribution in [3.05, 3.63) is 47.1 Å². The number of carbonyl (C=O) groups excluding carboxylic acids is 1. The van der Waals surface area contributed by atoms with Gasteiger partial charge < -0.3 is 14.4 Å². The van der Waals surface area contributed by atoms with Gasteiger partial charge in [-0.1, -0.05) is 6.07 Å². The van der Waals surface area contributed by atoms with Crippen LogP contribution in [0, 0.1) is 0 Å². The molecule has 130 valence electrons. The molecule has 2 fully saturated rings. The van der Waals surface area contributed by atoms with Gasteiger partial charge in [0.2, 0.25) is 11.8 Å². The Hall–Kier alpha value is -2.25. The first-order valence-electron chi connectivity index (χ1n) is 8.30. The topological polar surface area (TPSA) is 64.6 Å². The smallest absolute Gasteiger partial charge is 0.246 e.